The van der Waals surface area contributed by atoms with Crippen molar-refractivity contribution in [1.29, 1.82) is 0 Å². The molecule has 3 rings (SSSR count). The topological polar surface area (TPSA) is 49.3 Å². The number of carbonyl (C=O) groups is 1. The fraction of sp³-hybridized carbons (Fsp3) is 0.400. The number of amides is 1. The predicted molar refractivity (Wildman–Crippen MR) is 85.7 cm³/mol. The second-order valence-electron chi connectivity index (χ2n) is 5.05. The lowest BCUT2D eigenvalue weighted by Gasteiger charge is -2.34. The van der Waals surface area contributed by atoms with Gasteiger partial charge in [-0.15, -0.1) is 0 Å². The molecule has 0 aliphatic carbocycles. The molecule has 0 unspecified atom stereocenters. The number of rotatable bonds is 3. The van der Waals surface area contributed by atoms with Crippen LogP contribution in [0.25, 0.3) is 11.0 Å². The lowest BCUT2D eigenvalue weighted by molar-refractivity contribution is 0.0646. The Balaban J connectivity index is 1.79. The molecule has 0 radical (unpaired) electrons. The van der Waals surface area contributed by atoms with Crippen molar-refractivity contribution in [3.8, 4) is 0 Å². The van der Waals surface area contributed by atoms with Crippen LogP contribution in [0.2, 0.25) is 0 Å². The molecule has 0 atom stereocenters. The summed E-state index contributed by atoms with van der Waals surface area (Å²) in [6, 6.07) is 5.59. The minimum atomic E-state index is 0.0552. The third-order valence-corrected chi connectivity index (χ3v) is 4.14. The number of halogens is 1. The number of hydrogen-bond acceptors (Lipinski definition) is 4. The average molecular weight is 349 g/mol. The maximum Gasteiger partial charge on any atom is 0.256 e. The van der Waals surface area contributed by atoms with E-state index in [-0.39, 0.29) is 5.91 Å². The molecule has 1 amide bonds. The van der Waals surface area contributed by atoms with E-state index >= 15 is 0 Å². The molecule has 6 heteroatoms. The number of para-hydroxylation sites is 1. The zero-order valence-corrected chi connectivity index (χ0v) is 13.3. The van der Waals surface area contributed by atoms with Crippen molar-refractivity contribution in [1.82, 2.24) is 19.8 Å². The second-order valence-corrected chi connectivity index (χ2v) is 5.85. The average Bonchev–Trinajstić information content (AvgIpc) is 2.55. The lowest BCUT2D eigenvalue weighted by atomic mass is 10.1. The van der Waals surface area contributed by atoms with Crippen LogP contribution >= 0.6 is 15.9 Å². The van der Waals surface area contributed by atoms with Crippen LogP contribution < -0.4 is 0 Å². The van der Waals surface area contributed by atoms with Crippen LogP contribution in [0.5, 0.6) is 0 Å². The number of benzene rings is 1. The van der Waals surface area contributed by atoms with Crippen LogP contribution in [0.4, 0.5) is 0 Å². The van der Waals surface area contributed by atoms with Crippen molar-refractivity contribution in [3.05, 3.63) is 36.2 Å². The fourth-order valence-corrected chi connectivity index (χ4v) is 3.13. The second kappa shape index (κ2) is 6.49. The summed E-state index contributed by atoms with van der Waals surface area (Å²) >= 11 is 3.46. The van der Waals surface area contributed by atoms with Gasteiger partial charge in [0.2, 0.25) is 0 Å². The molecule has 0 spiro atoms. The van der Waals surface area contributed by atoms with Gasteiger partial charge in [-0.2, -0.15) is 0 Å². The third kappa shape index (κ3) is 3.06. The first-order valence-electron chi connectivity index (χ1n) is 7.07. The van der Waals surface area contributed by atoms with E-state index < -0.39 is 0 Å². The molecule has 1 saturated heterocycles. The SMILES string of the molecule is O=C(c1cccc2nccnc12)N1CCN(CCBr)CC1. The van der Waals surface area contributed by atoms with Gasteiger partial charge < -0.3 is 4.90 Å². The Morgan fingerprint density at radius 1 is 1.14 bits per heavy atom. The molecular weight excluding hydrogens is 332 g/mol. The highest BCUT2D eigenvalue weighted by molar-refractivity contribution is 9.09. The fourth-order valence-electron chi connectivity index (χ4n) is 2.63. The first kappa shape index (κ1) is 14.4. The molecule has 21 heavy (non-hydrogen) atoms. The van der Waals surface area contributed by atoms with Gasteiger partial charge in [0.05, 0.1) is 11.1 Å². The van der Waals surface area contributed by atoms with Gasteiger partial charge in [0.15, 0.2) is 0 Å². The molecule has 1 aromatic carbocycles. The minimum Gasteiger partial charge on any atom is -0.336 e. The summed E-state index contributed by atoms with van der Waals surface area (Å²) in [5.41, 5.74) is 2.10. The smallest absolute Gasteiger partial charge is 0.256 e. The third-order valence-electron chi connectivity index (χ3n) is 3.79. The summed E-state index contributed by atoms with van der Waals surface area (Å²) in [6.45, 7) is 4.41. The van der Waals surface area contributed by atoms with E-state index in [0.717, 1.165) is 43.6 Å². The molecular formula is C15H17BrN4O. The molecule has 1 aliphatic heterocycles. The number of hydrogen-bond donors (Lipinski definition) is 0. The van der Waals surface area contributed by atoms with Gasteiger partial charge in [0.1, 0.15) is 5.52 Å². The van der Waals surface area contributed by atoms with E-state index in [1.54, 1.807) is 12.4 Å². The molecule has 110 valence electrons. The van der Waals surface area contributed by atoms with Crippen LogP contribution in [0, 0.1) is 0 Å². The molecule has 5 nitrogen and oxygen atoms in total. The summed E-state index contributed by atoms with van der Waals surface area (Å²) in [5.74, 6) is 0.0552. The summed E-state index contributed by atoms with van der Waals surface area (Å²) in [7, 11) is 0. The van der Waals surface area contributed by atoms with Gasteiger partial charge in [-0.25, -0.2) is 0 Å². The summed E-state index contributed by atoms with van der Waals surface area (Å²) in [5, 5.41) is 0.972. The molecule has 1 aliphatic rings. The van der Waals surface area contributed by atoms with Crippen molar-refractivity contribution in [2.24, 2.45) is 0 Å². The first-order chi connectivity index (χ1) is 10.3. The maximum absolute atomic E-state index is 12.7. The van der Waals surface area contributed by atoms with E-state index in [4.69, 9.17) is 0 Å². The van der Waals surface area contributed by atoms with Gasteiger partial charge in [-0.1, -0.05) is 22.0 Å². The summed E-state index contributed by atoms with van der Waals surface area (Å²) in [4.78, 5) is 25.6. The van der Waals surface area contributed by atoms with E-state index in [2.05, 4.69) is 30.8 Å². The standard InChI is InChI=1S/C15H17BrN4O/c16-4-7-19-8-10-20(11-9-19)15(21)12-2-1-3-13-14(12)18-6-5-17-13/h1-3,5-6H,4,7-11H2. The zero-order valence-electron chi connectivity index (χ0n) is 11.7. The zero-order chi connectivity index (χ0) is 14.7. The van der Waals surface area contributed by atoms with Gasteiger partial charge in [0, 0.05) is 50.4 Å². The number of fused-ring (bicyclic) bond motifs is 1. The highest BCUT2D eigenvalue weighted by atomic mass is 79.9. The lowest BCUT2D eigenvalue weighted by Crippen LogP contribution is -2.49. The Morgan fingerprint density at radius 2 is 1.90 bits per heavy atom. The van der Waals surface area contributed by atoms with E-state index in [1.807, 2.05) is 23.1 Å². The molecule has 0 N–H and O–H groups in total. The summed E-state index contributed by atoms with van der Waals surface area (Å²) < 4.78 is 0. The van der Waals surface area contributed by atoms with E-state index in [9.17, 15) is 4.79 Å². The van der Waals surface area contributed by atoms with Crippen LogP contribution in [0.3, 0.4) is 0 Å². The normalized spacial score (nSPS) is 16.3. The van der Waals surface area contributed by atoms with Crippen molar-refractivity contribution >= 4 is 32.9 Å². The number of piperazine rings is 1. The predicted octanol–water partition coefficient (Wildman–Crippen LogP) is 1.78. The van der Waals surface area contributed by atoms with Crippen LogP contribution in [-0.4, -0.2) is 63.7 Å². The molecule has 0 saturated carbocycles. The van der Waals surface area contributed by atoms with Gasteiger partial charge in [0.25, 0.3) is 5.91 Å². The molecule has 1 fully saturated rings. The first-order valence-corrected chi connectivity index (χ1v) is 8.19. The molecule has 2 heterocycles. The monoisotopic (exact) mass is 348 g/mol. The Hall–Kier alpha value is -1.53. The minimum absolute atomic E-state index is 0.0552. The largest absolute Gasteiger partial charge is 0.336 e. The number of nitrogens with zero attached hydrogens (tertiary/aromatic N) is 4. The van der Waals surface area contributed by atoms with Crippen molar-refractivity contribution in [2.75, 3.05) is 38.1 Å². The van der Waals surface area contributed by atoms with Gasteiger partial charge in [-0.05, 0) is 12.1 Å². The highest BCUT2D eigenvalue weighted by Crippen LogP contribution is 2.17. The van der Waals surface area contributed by atoms with Crippen molar-refractivity contribution in [2.45, 2.75) is 0 Å². The Bertz CT molecular complexity index is 635. The van der Waals surface area contributed by atoms with Crippen molar-refractivity contribution in [3.63, 3.8) is 0 Å². The quantitative estimate of drug-likeness (QED) is 0.793. The van der Waals surface area contributed by atoms with E-state index in [1.165, 1.54) is 0 Å². The molecule has 1 aromatic heterocycles. The maximum atomic E-state index is 12.7. The van der Waals surface area contributed by atoms with Crippen LogP contribution in [-0.2, 0) is 0 Å². The Kier molecular flexibility index (Phi) is 4.45. The number of aromatic nitrogens is 2. The Morgan fingerprint density at radius 3 is 2.67 bits per heavy atom. The molecule has 2 aromatic rings. The van der Waals surface area contributed by atoms with Crippen LogP contribution in [0.15, 0.2) is 30.6 Å². The van der Waals surface area contributed by atoms with Gasteiger partial charge >= 0.3 is 0 Å². The molecule has 0 bridgehead atoms. The number of carbonyl (C=O) groups excluding carboxylic acids is 1. The van der Waals surface area contributed by atoms with E-state index in [0.29, 0.717) is 11.1 Å². The Labute approximate surface area is 132 Å². The van der Waals surface area contributed by atoms with Crippen molar-refractivity contribution < 1.29 is 4.79 Å². The van der Waals surface area contributed by atoms with Gasteiger partial charge in [-0.3, -0.25) is 19.7 Å². The number of alkyl halides is 1. The highest BCUT2D eigenvalue weighted by Gasteiger charge is 2.23. The summed E-state index contributed by atoms with van der Waals surface area (Å²) in [6.07, 6.45) is 3.28. The van der Waals surface area contributed by atoms with Crippen LogP contribution in [0.1, 0.15) is 10.4 Å².